The molecular formula is C22H35N5O5S. The number of nitrogens with one attached hydrogen (secondary N) is 3. The number of carbonyl (C=O) groups is 4. The van der Waals surface area contributed by atoms with Crippen molar-refractivity contribution in [3.05, 3.63) is 35.9 Å². The number of rotatable bonds is 16. The van der Waals surface area contributed by atoms with Crippen LogP contribution in [-0.2, 0) is 25.6 Å². The Kier molecular flexibility index (Phi) is 13.8. The van der Waals surface area contributed by atoms with Gasteiger partial charge in [0, 0.05) is 6.42 Å². The van der Waals surface area contributed by atoms with Crippen LogP contribution in [0.1, 0.15) is 31.2 Å². The van der Waals surface area contributed by atoms with Crippen LogP contribution >= 0.6 is 11.8 Å². The summed E-state index contributed by atoms with van der Waals surface area (Å²) in [6, 6.07) is 6.13. The molecule has 3 amide bonds. The molecule has 0 spiro atoms. The molecule has 10 nitrogen and oxygen atoms in total. The van der Waals surface area contributed by atoms with Crippen molar-refractivity contribution in [3.8, 4) is 0 Å². The van der Waals surface area contributed by atoms with E-state index in [1.807, 2.05) is 12.3 Å². The highest BCUT2D eigenvalue weighted by atomic mass is 32.2. The number of benzene rings is 1. The molecule has 0 aliphatic rings. The van der Waals surface area contributed by atoms with Crippen molar-refractivity contribution in [2.24, 2.45) is 11.5 Å². The molecule has 0 aromatic heterocycles. The molecule has 0 fully saturated rings. The van der Waals surface area contributed by atoms with Crippen molar-refractivity contribution < 1.29 is 24.3 Å². The third-order valence-corrected chi connectivity index (χ3v) is 5.53. The lowest BCUT2D eigenvalue weighted by Crippen LogP contribution is -2.54. The van der Waals surface area contributed by atoms with Crippen LogP contribution in [0.25, 0.3) is 0 Å². The van der Waals surface area contributed by atoms with Gasteiger partial charge in [0.1, 0.15) is 12.1 Å². The fraction of sp³-hybridized carbons (Fsp3) is 0.545. The highest BCUT2D eigenvalue weighted by Gasteiger charge is 2.26. The monoisotopic (exact) mass is 481 g/mol. The van der Waals surface area contributed by atoms with Gasteiger partial charge in [0.15, 0.2) is 0 Å². The van der Waals surface area contributed by atoms with Gasteiger partial charge in [0.2, 0.25) is 17.7 Å². The van der Waals surface area contributed by atoms with E-state index in [1.54, 1.807) is 24.3 Å². The van der Waals surface area contributed by atoms with Gasteiger partial charge in [0.05, 0.1) is 12.6 Å². The fourth-order valence-electron chi connectivity index (χ4n) is 3.01. The lowest BCUT2D eigenvalue weighted by atomic mass is 10.1. The van der Waals surface area contributed by atoms with Crippen molar-refractivity contribution in [1.29, 1.82) is 0 Å². The number of hydrogen-bond acceptors (Lipinski definition) is 7. The summed E-state index contributed by atoms with van der Waals surface area (Å²) in [5.74, 6) is -2.20. The Labute approximate surface area is 198 Å². The molecule has 0 heterocycles. The Hall–Kier alpha value is -2.63. The average molecular weight is 482 g/mol. The van der Waals surface area contributed by atoms with Crippen molar-refractivity contribution in [2.75, 3.05) is 25.1 Å². The number of carbonyl (C=O) groups excluding carboxylic acids is 3. The summed E-state index contributed by atoms with van der Waals surface area (Å²) in [6.07, 6.45) is 4.21. The van der Waals surface area contributed by atoms with Crippen LogP contribution in [0.15, 0.2) is 30.3 Å². The second-order valence-electron chi connectivity index (χ2n) is 7.60. The first kappa shape index (κ1) is 28.4. The first-order chi connectivity index (χ1) is 15.8. The lowest BCUT2D eigenvalue weighted by Gasteiger charge is -2.22. The predicted molar refractivity (Wildman–Crippen MR) is 129 cm³/mol. The van der Waals surface area contributed by atoms with E-state index < -0.39 is 41.8 Å². The molecule has 8 N–H and O–H groups in total. The van der Waals surface area contributed by atoms with E-state index in [0.717, 1.165) is 12.0 Å². The van der Waals surface area contributed by atoms with Crippen molar-refractivity contribution in [2.45, 2.75) is 50.2 Å². The minimum atomic E-state index is -1.17. The molecule has 3 unspecified atom stereocenters. The minimum Gasteiger partial charge on any atom is -0.480 e. The van der Waals surface area contributed by atoms with E-state index in [4.69, 9.17) is 11.5 Å². The van der Waals surface area contributed by atoms with E-state index in [9.17, 15) is 24.3 Å². The van der Waals surface area contributed by atoms with E-state index in [-0.39, 0.29) is 13.0 Å². The second-order valence-corrected chi connectivity index (χ2v) is 8.59. The number of hydrogen-bond donors (Lipinski definition) is 6. The molecule has 0 saturated carbocycles. The third kappa shape index (κ3) is 11.7. The van der Waals surface area contributed by atoms with Gasteiger partial charge in [-0.05, 0) is 43.4 Å². The van der Waals surface area contributed by atoms with Gasteiger partial charge in [-0.3, -0.25) is 14.4 Å². The largest absolute Gasteiger partial charge is 0.480 e. The molecule has 0 aliphatic carbocycles. The number of aliphatic carboxylic acids is 1. The maximum Gasteiger partial charge on any atom is 0.326 e. The molecule has 1 aromatic rings. The maximum atomic E-state index is 12.8. The van der Waals surface area contributed by atoms with Crippen molar-refractivity contribution in [1.82, 2.24) is 16.0 Å². The number of unbranched alkanes of at least 4 members (excludes halogenated alkanes) is 1. The van der Waals surface area contributed by atoms with Crippen molar-refractivity contribution in [3.63, 3.8) is 0 Å². The zero-order valence-electron chi connectivity index (χ0n) is 18.9. The normalized spacial score (nSPS) is 13.4. The SMILES string of the molecule is CSCCC(NC(=O)CNC(=O)C(N)CCCCN)C(=O)NC(Cc1ccccc1)C(=O)O. The van der Waals surface area contributed by atoms with Crippen LogP contribution in [0.2, 0.25) is 0 Å². The van der Waals surface area contributed by atoms with E-state index in [2.05, 4.69) is 16.0 Å². The number of amides is 3. The first-order valence-corrected chi connectivity index (χ1v) is 12.3. The maximum absolute atomic E-state index is 12.8. The van der Waals surface area contributed by atoms with Crippen LogP contribution < -0.4 is 27.4 Å². The van der Waals surface area contributed by atoms with Crippen LogP contribution in [0.4, 0.5) is 0 Å². The quantitative estimate of drug-likeness (QED) is 0.173. The zero-order chi connectivity index (χ0) is 24.6. The molecule has 33 heavy (non-hydrogen) atoms. The van der Waals surface area contributed by atoms with Gasteiger partial charge < -0.3 is 32.5 Å². The Balaban J connectivity index is 2.65. The number of thioether (sulfide) groups is 1. The average Bonchev–Trinajstić information content (AvgIpc) is 2.80. The molecule has 3 atom stereocenters. The van der Waals surface area contributed by atoms with E-state index in [1.165, 1.54) is 11.8 Å². The molecule has 11 heteroatoms. The zero-order valence-corrected chi connectivity index (χ0v) is 19.7. The van der Waals surface area contributed by atoms with Gasteiger partial charge in [-0.25, -0.2) is 4.79 Å². The van der Waals surface area contributed by atoms with E-state index in [0.29, 0.717) is 31.6 Å². The highest BCUT2D eigenvalue weighted by molar-refractivity contribution is 7.98. The molecule has 0 saturated heterocycles. The molecule has 1 rings (SSSR count). The molecule has 0 bridgehead atoms. The Morgan fingerprint density at radius 1 is 1.00 bits per heavy atom. The first-order valence-electron chi connectivity index (χ1n) is 10.9. The summed E-state index contributed by atoms with van der Waals surface area (Å²) in [5, 5.41) is 17.1. The Morgan fingerprint density at radius 3 is 2.30 bits per heavy atom. The summed E-state index contributed by atoms with van der Waals surface area (Å²) in [6.45, 7) is 0.184. The molecule has 0 radical (unpaired) electrons. The van der Waals surface area contributed by atoms with Gasteiger partial charge in [-0.2, -0.15) is 11.8 Å². The summed E-state index contributed by atoms with van der Waals surface area (Å²) in [4.78, 5) is 48.8. The van der Waals surface area contributed by atoms with Crippen LogP contribution in [0.5, 0.6) is 0 Å². The second kappa shape index (κ2) is 16.1. The Bertz CT molecular complexity index is 765. The van der Waals surface area contributed by atoms with Crippen LogP contribution in [0.3, 0.4) is 0 Å². The minimum absolute atomic E-state index is 0.114. The van der Waals surface area contributed by atoms with Gasteiger partial charge in [-0.15, -0.1) is 0 Å². The summed E-state index contributed by atoms with van der Waals surface area (Å²) in [7, 11) is 0. The Morgan fingerprint density at radius 2 is 1.70 bits per heavy atom. The van der Waals surface area contributed by atoms with Crippen molar-refractivity contribution >= 4 is 35.5 Å². The van der Waals surface area contributed by atoms with Crippen LogP contribution in [0, 0.1) is 0 Å². The summed E-state index contributed by atoms with van der Waals surface area (Å²) < 4.78 is 0. The summed E-state index contributed by atoms with van der Waals surface area (Å²) in [5.41, 5.74) is 12.0. The molecular weight excluding hydrogens is 446 g/mol. The predicted octanol–water partition coefficient (Wildman–Crippen LogP) is -0.391. The number of carboxylic acid groups (broad SMARTS) is 1. The van der Waals surface area contributed by atoms with E-state index >= 15 is 0 Å². The topological polar surface area (TPSA) is 177 Å². The number of carboxylic acids is 1. The standard InChI is InChI=1S/C22H35N5O5S/c1-33-12-10-17(26-19(28)14-25-20(29)16(24)9-5-6-11-23)21(30)27-18(22(31)32)13-15-7-3-2-4-8-15/h2-4,7-8,16-18H,5-6,9-14,23-24H2,1H3,(H,25,29)(H,26,28)(H,27,30)(H,31,32). The highest BCUT2D eigenvalue weighted by Crippen LogP contribution is 2.06. The smallest absolute Gasteiger partial charge is 0.326 e. The number of nitrogens with two attached hydrogens (primary N) is 2. The van der Waals surface area contributed by atoms with Gasteiger partial charge in [-0.1, -0.05) is 36.8 Å². The molecule has 1 aromatic carbocycles. The fourth-order valence-corrected chi connectivity index (χ4v) is 3.48. The molecule has 0 aliphatic heterocycles. The third-order valence-electron chi connectivity index (χ3n) is 4.89. The lowest BCUT2D eigenvalue weighted by molar-refractivity contribution is -0.142. The van der Waals surface area contributed by atoms with Gasteiger partial charge >= 0.3 is 5.97 Å². The van der Waals surface area contributed by atoms with Crippen LogP contribution in [-0.4, -0.2) is 72.0 Å². The van der Waals surface area contributed by atoms with Gasteiger partial charge in [0.25, 0.3) is 0 Å². The summed E-state index contributed by atoms with van der Waals surface area (Å²) >= 11 is 1.49. The molecule has 184 valence electrons.